The third-order valence-corrected chi connectivity index (χ3v) is 5.31. The molecule has 1 atom stereocenters. The quantitative estimate of drug-likeness (QED) is 0.910. The standard InChI is InChI=1S/C20H28N4O/c1-15(19-13-21-23(3)16(19)2)22-20(25)18-9-11-24(12-10-18)14-17-7-5-4-6-8-17/h4-8,13,15,18H,9-12,14H2,1-3H3,(H,22,25). The van der Waals surface area contributed by atoms with E-state index in [9.17, 15) is 4.79 Å². The van der Waals surface area contributed by atoms with Gasteiger partial charge in [0.05, 0.1) is 12.2 Å². The molecule has 2 heterocycles. The predicted molar refractivity (Wildman–Crippen MR) is 98.9 cm³/mol. The molecule has 1 unspecified atom stereocenters. The zero-order valence-electron chi connectivity index (χ0n) is 15.4. The number of likely N-dealkylation sites (tertiary alicyclic amines) is 1. The van der Waals surface area contributed by atoms with Crippen LogP contribution in [0.4, 0.5) is 0 Å². The average Bonchev–Trinajstić information content (AvgIpc) is 2.95. The van der Waals surface area contributed by atoms with Gasteiger partial charge in [0, 0.05) is 30.8 Å². The summed E-state index contributed by atoms with van der Waals surface area (Å²) in [7, 11) is 1.93. The van der Waals surface area contributed by atoms with Gasteiger partial charge in [0.2, 0.25) is 5.91 Å². The van der Waals surface area contributed by atoms with Crippen LogP contribution in [0.1, 0.15) is 42.6 Å². The lowest BCUT2D eigenvalue weighted by Gasteiger charge is -2.31. The van der Waals surface area contributed by atoms with Crippen LogP contribution < -0.4 is 5.32 Å². The van der Waals surface area contributed by atoms with Crippen LogP contribution in [0.3, 0.4) is 0 Å². The van der Waals surface area contributed by atoms with Crippen molar-refractivity contribution in [3.63, 3.8) is 0 Å². The van der Waals surface area contributed by atoms with Gasteiger partial charge < -0.3 is 5.32 Å². The van der Waals surface area contributed by atoms with E-state index in [0.29, 0.717) is 0 Å². The van der Waals surface area contributed by atoms with Gasteiger partial charge in [-0.2, -0.15) is 5.10 Å². The van der Waals surface area contributed by atoms with E-state index in [1.54, 1.807) is 0 Å². The maximum Gasteiger partial charge on any atom is 0.223 e. The Kier molecular flexibility index (Phi) is 5.53. The highest BCUT2D eigenvalue weighted by Crippen LogP contribution is 2.22. The highest BCUT2D eigenvalue weighted by atomic mass is 16.1. The molecular weight excluding hydrogens is 312 g/mol. The van der Waals surface area contributed by atoms with Crippen molar-refractivity contribution in [1.82, 2.24) is 20.0 Å². The smallest absolute Gasteiger partial charge is 0.223 e. The molecule has 1 aliphatic heterocycles. The fourth-order valence-electron chi connectivity index (χ4n) is 3.54. The molecule has 25 heavy (non-hydrogen) atoms. The van der Waals surface area contributed by atoms with Gasteiger partial charge in [-0.05, 0) is 45.3 Å². The molecule has 1 saturated heterocycles. The third-order valence-electron chi connectivity index (χ3n) is 5.31. The Morgan fingerprint density at radius 3 is 2.56 bits per heavy atom. The summed E-state index contributed by atoms with van der Waals surface area (Å²) in [6, 6.07) is 10.5. The molecule has 1 aliphatic rings. The van der Waals surface area contributed by atoms with Gasteiger partial charge in [-0.1, -0.05) is 30.3 Å². The summed E-state index contributed by atoms with van der Waals surface area (Å²) < 4.78 is 1.85. The number of piperidine rings is 1. The average molecular weight is 340 g/mol. The van der Waals surface area contributed by atoms with Crippen LogP contribution in [-0.4, -0.2) is 33.7 Å². The van der Waals surface area contributed by atoms with Crippen LogP contribution in [0.2, 0.25) is 0 Å². The Balaban J connectivity index is 1.49. The fraction of sp³-hybridized carbons (Fsp3) is 0.500. The Labute approximate surface area is 150 Å². The number of aryl methyl sites for hydroxylation is 1. The molecule has 5 nitrogen and oxygen atoms in total. The van der Waals surface area contributed by atoms with Crippen LogP contribution in [0.15, 0.2) is 36.5 Å². The lowest BCUT2D eigenvalue weighted by atomic mass is 9.95. The van der Waals surface area contributed by atoms with Crippen molar-refractivity contribution in [3.05, 3.63) is 53.3 Å². The number of amides is 1. The third kappa shape index (κ3) is 4.28. The number of hydrogen-bond donors (Lipinski definition) is 1. The van der Waals surface area contributed by atoms with E-state index in [2.05, 4.69) is 39.6 Å². The number of aromatic nitrogens is 2. The highest BCUT2D eigenvalue weighted by Gasteiger charge is 2.26. The van der Waals surface area contributed by atoms with Crippen molar-refractivity contribution in [2.24, 2.45) is 13.0 Å². The van der Waals surface area contributed by atoms with E-state index in [1.165, 1.54) is 5.56 Å². The number of benzene rings is 1. The van der Waals surface area contributed by atoms with E-state index in [4.69, 9.17) is 0 Å². The van der Waals surface area contributed by atoms with Crippen LogP contribution >= 0.6 is 0 Å². The summed E-state index contributed by atoms with van der Waals surface area (Å²) in [6.45, 7) is 7.00. The number of hydrogen-bond acceptors (Lipinski definition) is 3. The Morgan fingerprint density at radius 1 is 1.28 bits per heavy atom. The van der Waals surface area contributed by atoms with Crippen molar-refractivity contribution in [2.45, 2.75) is 39.3 Å². The van der Waals surface area contributed by atoms with Crippen molar-refractivity contribution in [2.75, 3.05) is 13.1 Å². The minimum absolute atomic E-state index is 0.00329. The van der Waals surface area contributed by atoms with Crippen LogP contribution in [-0.2, 0) is 18.4 Å². The largest absolute Gasteiger partial charge is 0.349 e. The monoisotopic (exact) mass is 340 g/mol. The molecule has 1 aromatic carbocycles. The van der Waals surface area contributed by atoms with Gasteiger partial charge in [-0.3, -0.25) is 14.4 Å². The molecule has 1 amide bonds. The normalized spacial score (nSPS) is 17.4. The van der Waals surface area contributed by atoms with Gasteiger partial charge in [-0.15, -0.1) is 0 Å². The summed E-state index contributed by atoms with van der Waals surface area (Å²) in [5, 5.41) is 7.44. The summed E-state index contributed by atoms with van der Waals surface area (Å²) in [6.07, 6.45) is 3.71. The predicted octanol–water partition coefficient (Wildman–Crippen LogP) is 2.82. The minimum atomic E-state index is 0.00329. The lowest BCUT2D eigenvalue weighted by molar-refractivity contribution is -0.127. The topological polar surface area (TPSA) is 50.2 Å². The maximum atomic E-state index is 12.6. The van der Waals surface area contributed by atoms with E-state index in [1.807, 2.05) is 37.8 Å². The SMILES string of the molecule is Cc1c(C(C)NC(=O)C2CCN(Cc3ccccc3)CC2)cnn1C. The molecule has 2 aromatic rings. The molecule has 134 valence electrons. The summed E-state index contributed by atoms with van der Waals surface area (Å²) in [5.74, 6) is 0.293. The molecule has 1 N–H and O–H groups in total. The van der Waals surface area contributed by atoms with Crippen molar-refractivity contribution >= 4 is 5.91 Å². The molecule has 1 aromatic heterocycles. The second-order valence-electron chi connectivity index (χ2n) is 7.08. The first-order chi connectivity index (χ1) is 12.0. The molecule has 0 bridgehead atoms. The number of carbonyl (C=O) groups excluding carboxylic acids is 1. The second kappa shape index (κ2) is 7.83. The number of carbonyl (C=O) groups is 1. The summed E-state index contributed by atoms with van der Waals surface area (Å²) >= 11 is 0. The van der Waals surface area contributed by atoms with E-state index in [-0.39, 0.29) is 17.9 Å². The van der Waals surface area contributed by atoms with E-state index in [0.717, 1.165) is 43.7 Å². The zero-order chi connectivity index (χ0) is 17.8. The molecule has 1 fully saturated rings. The lowest BCUT2D eigenvalue weighted by Crippen LogP contribution is -2.40. The van der Waals surface area contributed by atoms with Gasteiger partial charge in [-0.25, -0.2) is 0 Å². The van der Waals surface area contributed by atoms with Gasteiger partial charge in [0.25, 0.3) is 0 Å². The van der Waals surface area contributed by atoms with Crippen LogP contribution in [0, 0.1) is 12.8 Å². The zero-order valence-corrected chi connectivity index (χ0v) is 15.4. The first kappa shape index (κ1) is 17.7. The molecule has 0 aliphatic carbocycles. The minimum Gasteiger partial charge on any atom is -0.349 e. The molecular formula is C20H28N4O. The van der Waals surface area contributed by atoms with Crippen molar-refractivity contribution in [3.8, 4) is 0 Å². The van der Waals surface area contributed by atoms with Crippen molar-refractivity contribution < 1.29 is 4.79 Å². The molecule has 0 radical (unpaired) electrons. The molecule has 0 saturated carbocycles. The first-order valence-electron chi connectivity index (χ1n) is 9.09. The first-order valence-corrected chi connectivity index (χ1v) is 9.09. The Morgan fingerprint density at radius 2 is 1.96 bits per heavy atom. The van der Waals surface area contributed by atoms with Crippen LogP contribution in [0.5, 0.6) is 0 Å². The molecule has 5 heteroatoms. The maximum absolute atomic E-state index is 12.6. The number of nitrogens with zero attached hydrogens (tertiary/aromatic N) is 3. The molecule has 3 rings (SSSR count). The van der Waals surface area contributed by atoms with Gasteiger partial charge in [0.15, 0.2) is 0 Å². The van der Waals surface area contributed by atoms with E-state index >= 15 is 0 Å². The highest BCUT2D eigenvalue weighted by molar-refractivity contribution is 5.79. The van der Waals surface area contributed by atoms with Gasteiger partial charge >= 0.3 is 0 Å². The van der Waals surface area contributed by atoms with Gasteiger partial charge in [0.1, 0.15) is 0 Å². The summed E-state index contributed by atoms with van der Waals surface area (Å²) in [4.78, 5) is 15.0. The second-order valence-corrected chi connectivity index (χ2v) is 7.08. The molecule has 0 spiro atoms. The summed E-state index contributed by atoms with van der Waals surface area (Å²) in [5.41, 5.74) is 3.54. The van der Waals surface area contributed by atoms with Crippen LogP contribution in [0.25, 0.3) is 0 Å². The Bertz CT molecular complexity index is 702. The van der Waals surface area contributed by atoms with Crippen molar-refractivity contribution in [1.29, 1.82) is 0 Å². The fourth-order valence-corrected chi connectivity index (χ4v) is 3.54. The number of rotatable bonds is 5. The number of nitrogens with one attached hydrogen (secondary N) is 1. The Hall–Kier alpha value is -2.14. The van der Waals surface area contributed by atoms with E-state index < -0.39 is 0 Å².